The summed E-state index contributed by atoms with van der Waals surface area (Å²) in [6.45, 7) is 5.71. The number of nitrogens with one attached hydrogen (secondary N) is 1. The second-order valence-electron chi connectivity index (χ2n) is 7.42. The third kappa shape index (κ3) is 5.84. The van der Waals surface area contributed by atoms with E-state index in [1.54, 1.807) is 28.6 Å². The van der Waals surface area contributed by atoms with Crippen LogP contribution in [0.4, 0.5) is 0 Å². The second-order valence-corrected chi connectivity index (χ2v) is 10.4. The van der Waals surface area contributed by atoms with Crippen molar-refractivity contribution in [3.05, 3.63) is 59.2 Å². The zero-order chi connectivity index (χ0) is 20.9. The standard InChI is InChI=1S/C22H28N2O3S2/c1-17-6-9-20(14-18(17)2)28-16-22(25)23-15-19-7-10-21(11-8-19)29(26,27)24-12-4-3-5-13-24/h6-11,14H,3-5,12-13,15-16H2,1-2H3,(H,23,25). The van der Waals surface area contributed by atoms with Crippen LogP contribution in [0.2, 0.25) is 0 Å². The molecule has 29 heavy (non-hydrogen) atoms. The van der Waals surface area contributed by atoms with Gasteiger partial charge in [-0.15, -0.1) is 11.8 Å². The molecule has 0 spiro atoms. The van der Waals surface area contributed by atoms with Crippen LogP contribution >= 0.6 is 11.8 Å². The number of carbonyl (C=O) groups is 1. The predicted octanol–water partition coefficient (Wildman–Crippen LogP) is 3.89. The fourth-order valence-corrected chi connectivity index (χ4v) is 5.58. The van der Waals surface area contributed by atoms with Gasteiger partial charge in [-0.1, -0.05) is 24.6 Å². The van der Waals surface area contributed by atoms with Gasteiger partial charge in [-0.3, -0.25) is 4.79 Å². The minimum atomic E-state index is -3.41. The number of hydrogen-bond donors (Lipinski definition) is 1. The molecular formula is C22H28N2O3S2. The Balaban J connectivity index is 1.50. The van der Waals surface area contributed by atoms with Gasteiger partial charge in [-0.05, 0) is 67.6 Å². The third-order valence-corrected chi connectivity index (χ3v) is 8.12. The van der Waals surface area contributed by atoms with E-state index in [1.165, 1.54) is 22.9 Å². The number of rotatable bonds is 7. The molecule has 1 heterocycles. The number of carbonyl (C=O) groups excluding carboxylic acids is 1. The molecule has 1 aliphatic rings. The molecule has 156 valence electrons. The summed E-state index contributed by atoms with van der Waals surface area (Å²) in [5.74, 6) is 0.308. The highest BCUT2D eigenvalue weighted by atomic mass is 32.2. The Labute approximate surface area is 177 Å². The predicted molar refractivity (Wildman–Crippen MR) is 118 cm³/mol. The van der Waals surface area contributed by atoms with Crippen molar-refractivity contribution in [2.24, 2.45) is 0 Å². The first kappa shape index (κ1) is 21.9. The molecule has 1 amide bonds. The molecule has 3 rings (SSSR count). The Kier molecular flexibility index (Phi) is 7.38. The largest absolute Gasteiger partial charge is 0.351 e. The van der Waals surface area contributed by atoms with Crippen LogP contribution < -0.4 is 5.32 Å². The molecule has 5 nitrogen and oxygen atoms in total. The number of aryl methyl sites for hydroxylation is 2. The quantitative estimate of drug-likeness (QED) is 0.674. The number of nitrogens with zero attached hydrogens (tertiary/aromatic N) is 1. The Morgan fingerprint density at radius 2 is 1.69 bits per heavy atom. The topological polar surface area (TPSA) is 66.5 Å². The van der Waals surface area contributed by atoms with E-state index < -0.39 is 10.0 Å². The summed E-state index contributed by atoms with van der Waals surface area (Å²) in [5.41, 5.74) is 3.34. The zero-order valence-electron chi connectivity index (χ0n) is 17.0. The van der Waals surface area contributed by atoms with Gasteiger partial charge in [0.2, 0.25) is 15.9 Å². The Hall–Kier alpha value is -1.83. The molecule has 2 aromatic rings. The lowest BCUT2D eigenvalue weighted by atomic mass is 10.1. The molecule has 1 N–H and O–H groups in total. The highest BCUT2D eigenvalue weighted by molar-refractivity contribution is 8.00. The second kappa shape index (κ2) is 9.78. The van der Waals surface area contributed by atoms with E-state index in [4.69, 9.17) is 0 Å². The molecule has 1 fully saturated rings. The molecule has 1 saturated heterocycles. The van der Waals surface area contributed by atoms with Gasteiger partial charge in [0, 0.05) is 24.5 Å². The minimum absolute atomic E-state index is 0.0433. The van der Waals surface area contributed by atoms with E-state index >= 15 is 0 Å². The van der Waals surface area contributed by atoms with Crippen molar-refractivity contribution in [3.8, 4) is 0 Å². The monoisotopic (exact) mass is 432 g/mol. The van der Waals surface area contributed by atoms with Crippen LogP contribution in [0.1, 0.15) is 36.0 Å². The molecule has 7 heteroatoms. The molecule has 0 aromatic heterocycles. The number of piperidine rings is 1. The number of sulfonamides is 1. The summed E-state index contributed by atoms with van der Waals surface area (Å²) in [5, 5.41) is 2.90. The molecule has 0 saturated carbocycles. The van der Waals surface area contributed by atoms with Gasteiger partial charge in [0.1, 0.15) is 0 Å². The summed E-state index contributed by atoms with van der Waals surface area (Å²) >= 11 is 1.51. The van der Waals surface area contributed by atoms with Crippen molar-refractivity contribution in [2.75, 3.05) is 18.8 Å². The smallest absolute Gasteiger partial charge is 0.243 e. The summed E-state index contributed by atoms with van der Waals surface area (Å²) in [6.07, 6.45) is 2.93. The first-order valence-corrected chi connectivity index (χ1v) is 12.3. The van der Waals surface area contributed by atoms with Crippen LogP contribution in [-0.2, 0) is 21.4 Å². The number of benzene rings is 2. The van der Waals surface area contributed by atoms with E-state index in [0.717, 1.165) is 29.7 Å². The van der Waals surface area contributed by atoms with Gasteiger partial charge in [0.05, 0.1) is 10.6 Å². The van der Waals surface area contributed by atoms with E-state index in [-0.39, 0.29) is 5.91 Å². The molecular weight excluding hydrogens is 404 g/mol. The Morgan fingerprint density at radius 3 is 2.34 bits per heavy atom. The average molecular weight is 433 g/mol. The fourth-order valence-electron chi connectivity index (χ4n) is 3.24. The lowest BCUT2D eigenvalue weighted by Gasteiger charge is -2.25. The molecule has 0 radical (unpaired) electrons. The molecule has 0 atom stereocenters. The lowest BCUT2D eigenvalue weighted by molar-refractivity contribution is -0.118. The van der Waals surface area contributed by atoms with E-state index in [2.05, 4.69) is 31.3 Å². The van der Waals surface area contributed by atoms with Gasteiger partial charge in [0.15, 0.2) is 0 Å². The van der Waals surface area contributed by atoms with Gasteiger partial charge in [-0.25, -0.2) is 8.42 Å². The Bertz CT molecular complexity index is 951. The molecule has 0 aliphatic carbocycles. The van der Waals surface area contributed by atoms with Gasteiger partial charge < -0.3 is 5.32 Å². The maximum Gasteiger partial charge on any atom is 0.243 e. The molecule has 0 unspecified atom stereocenters. The molecule has 2 aromatic carbocycles. The van der Waals surface area contributed by atoms with Gasteiger partial charge in [0.25, 0.3) is 0 Å². The van der Waals surface area contributed by atoms with Crippen molar-refractivity contribution in [3.63, 3.8) is 0 Å². The van der Waals surface area contributed by atoms with E-state index in [9.17, 15) is 13.2 Å². The van der Waals surface area contributed by atoms with Crippen LogP contribution in [0.25, 0.3) is 0 Å². The van der Waals surface area contributed by atoms with Crippen LogP contribution in [-0.4, -0.2) is 37.5 Å². The van der Waals surface area contributed by atoms with Crippen LogP contribution in [0, 0.1) is 13.8 Å². The van der Waals surface area contributed by atoms with E-state index in [0.29, 0.717) is 30.3 Å². The molecule has 0 bridgehead atoms. The van der Waals surface area contributed by atoms with Crippen molar-refractivity contribution in [1.29, 1.82) is 0 Å². The summed E-state index contributed by atoms with van der Waals surface area (Å²) in [7, 11) is -3.41. The molecule has 1 aliphatic heterocycles. The minimum Gasteiger partial charge on any atom is -0.351 e. The lowest BCUT2D eigenvalue weighted by Crippen LogP contribution is -2.35. The highest BCUT2D eigenvalue weighted by Gasteiger charge is 2.25. The van der Waals surface area contributed by atoms with Gasteiger partial charge in [-0.2, -0.15) is 4.31 Å². The van der Waals surface area contributed by atoms with Crippen LogP contribution in [0.3, 0.4) is 0 Å². The maximum atomic E-state index is 12.7. The fraction of sp³-hybridized carbons (Fsp3) is 0.409. The van der Waals surface area contributed by atoms with Crippen LogP contribution in [0.15, 0.2) is 52.3 Å². The summed E-state index contributed by atoms with van der Waals surface area (Å²) in [6, 6.07) is 13.0. The van der Waals surface area contributed by atoms with E-state index in [1.807, 2.05) is 6.07 Å². The average Bonchev–Trinajstić information content (AvgIpc) is 2.74. The maximum absolute atomic E-state index is 12.7. The third-order valence-electron chi connectivity index (χ3n) is 5.21. The summed E-state index contributed by atoms with van der Waals surface area (Å²) < 4.78 is 26.9. The number of thioether (sulfide) groups is 1. The van der Waals surface area contributed by atoms with Crippen molar-refractivity contribution < 1.29 is 13.2 Å². The first-order chi connectivity index (χ1) is 13.9. The van der Waals surface area contributed by atoms with Crippen molar-refractivity contribution >= 4 is 27.7 Å². The number of hydrogen-bond acceptors (Lipinski definition) is 4. The Morgan fingerprint density at radius 1 is 1.00 bits per heavy atom. The van der Waals surface area contributed by atoms with Crippen molar-refractivity contribution in [2.45, 2.75) is 49.4 Å². The normalized spacial score (nSPS) is 15.2. The first-order valence-electron chi connectivity index (χ1n) is 9.92. The zero-order valence-corrected chi connectivity index (χ0v) is 18.6. The SMILES string of the molecule is Cc1ccc(SCC(=O)NCc2ccc(S(=O)(=O)N3CCCCC3)cc2)cc1C. The van der Waals surface area contributed by atoms with Crippen LogP contribution in [0.5, 0.6) is 0 Å². The van der Waals surface area contributed by atoms with Crippen molar-refractivity contribution in [1.82, 2.24) is 9.62 Å². The highest BCUT2D eigenvalue weighted by Crippen LogP contribution is 2.22. The summed E-state index contributed by atoms with van der Waals surface area (Å²) in [4.78, 5) is 13.5. The van der Waals surface area contributed by atoms with Gasteiger partial charge >= 0.3 is 0 Å². The number of amides is 1.